The molecule has 0 atom stereocenters. The summed E-state index contributed by atoms with van der Waals surface area (Å²) >= 11 is 0. The van der Waals surface area contributed by atoms with Crippen molar-refractivity contribution >= 4 is 22.7 Å². The summed E-state index contributed by atoms with van der Waals surface area (Å²) < 4.78 is 16.4. The number of rotatable bonds is 4. The largest absolute Gasteiger partial charge is 0.493 e. The number of nitrogens with two attached hydrogens (primary N) is 2. The molecule has 0 amide bonds. The predicted octanol–water partition coefficient (Wildman–Crippen LogP) is 2.60. The van der Waals surface area contributed by atoms with Gasteiger partial charge in [-0.15, -0.1) is 0 Å². The fourth-order valence-corrected chi connectivity index (χ4v) is 2.29. The van der Waals surface area contributed by atoms with E-state index in [1.807, 2.05) is 6.07 Å². The minimum atomic E-state index is 0.123. The Morgan fingerprint density at radius 3 is 2.39 bits per heavy atom. The van der Waals surface area contributed by atoms with E-state index in [0.717, 1.165) is 0 Å². The fraction of sp³-hybridized carbons (Fsp3) is 0.125. The van der Waals surface area contributed by atoms with E-state index in [0.29, 0.717) is 33.9 Å². The van der Waals surface area contributed by atoms with Gasteiger partial charge in [0.05, 0.1) is 25.1 Å². The third kappa shape index (κ3) is 2.76. The van der Waals surface area contributed by atoms with Crippen molar-refractivity contribution in [2.45, 2.75) is 0 Å². The average Bonchev–Trinajstić information content (AvgIpc) is 2.54. The van der Waals surface area contributed by atoms with Crippen LogP contribution in [0.5, 0.6) is 23.0 Å². The lowest BCUT2D eigenvalue weighted by Crippen LogP contribution is -2.01. The van der Waals surface area contributed by atoms with E-state index in [2.05, 4.69) is 9.97 Å². The fourth-order valence-electron chi connectivity index (χ4n) is 2.29. The lowest BCUT2D eigenvalue weighted by molar-refractivity contribution is 0.352. The zero-order chi connectivity index (χ0) is 16.4. The van der Waals surface area contributed by atoms with Crippen molar-refractivity contribution in [2.75, 3.05) is 25.7 Å². The van der Waals surface area contributed by atoms with Crippen LogP contribution in [0.4, 0.5) is 11.8 Å². The van der Waals surface area contributed by atoms with Gasteiger partial charge < -0.3 is 25.7 Å². The van der Waals surface area contributed by atoms with Gasteiger partial charge in [-0.05, 0) is 24.3 Å². The number of aromatic nitrogens is 2. The van der Waals surface area contributed by atoms with Crippen LogP contribution >= 0.6 is 0 Å². The SMILES string of the molecule is COc1ccc(Oc2cccc3nc(N)nc(N)c23)cc1OC. The Hall–Kier alpha value is -3.22. The zero-order valence-electron chi connectivity index (χ0n) is 12.7. The summed E-state index contributed by atoms with van der Waals surface area (Å²) in [4.78, 5) is 8.15. The van der Waals surface area contributed by atoms with Crippen molar-refractivity contribution in [1.29, 1.82) is 0 Å². The molecule has 23 heavy (non-hydrogen) atoms. The number of methoxy groups -OCH3 is 2. The summed E-state index contributed by atoms with van der Waals surface area (Å²) in [6.45, 7) is 0. The highest BCUT2D eigenvalue weighted by Gasteiger charge is 2.12. The Labute approximate surface area is 132 Å². The Kier molecular flexibility index (Phi) is 3.76. The first kappa shape index (κ1) is 14.7. The van der Waals surface area contributed by atoms with Crippen LogP contribution in [-0.4, -0.2) is 24.2 Å². The molecule has 0 aliphatic rings. The molecule has 4 N–H and O–H groups in total. The second-order valence-corrected chi connectivity index (χ2v) is 4.74. The molecule has 0 aliphatic carbocycles. The summed E-state index contributed by atoms with van der Waals surface area (Å²) in [6.07, 6.45) is 0. The minimum Gasteiger partial charge on any atom is -0.493 e. The lowest BCUT2D eigenvalue weighted by Gasteiger charge is -2.12. The van der Waals surface area contributed by atoms with E-state index in [-0.39, 0.29) is 11.8 Å². The summed E-state index contributed by atoms with van der Waals surface area (Å²) in [7, 11) is 3.14. The van der Waals surface area contributed by atoms with Crippen LogP contribution in [0, 0.1) is 0 Å². The second kappa shape index (κ2) is 5.88. The topological polar surface area (TPSA) is 106 Å². The molecule has 0 saturated carbocycles. The molecule has 1 aromatic heterocycles. The van der Waals surface area contributed by atoms with E-state index < -0.39 is 0 Å². The number of hydrogen-bond acceptors (Lipinski definition) is 7. The molecule has 7 nitrogen and oxygen atoms in total. The second-order valence-electron chi connectivity index (χ2n) is 4.74. The van der Waals surface area contributed by atoms with Crippen LogP contribution in [0.3, 0.4) is 0 Å². The van der Waals surface area contributed by atoms with Crippen molar-refractivity contribution in [3.8, 4) is 23.0 Å². The van der Waals surface area contributed by atoms with E-state index >= 15 is 0 Å². The maximum absolute atomic E-state index is 5.96. The van der Waals surface area contributed by atoms with Crippen molar-refractivity contribution in [1.82, 2.24) is 9.97 Å². The maximum Gasteiger partial charge on any atom is 0.222 e. The predicted molar refractivity (Wildman–Crippen MR) is 88.0 cm³/mol. The van der Waals surface area contributed by atoms with Crippen LogP contribution in [0.15, 0.2) is 36.4 Å². The standard InChI is InChI=1S/C16H16N4O3/c1-21-11-7-6-9(8-13(11)22-2)23-12-5-3-4-10-14(12)15(17)20-16(18)19-10/h3-8H,1-2H3,(H4,17,18,19,20). The van der Waals surface area contributed by atoms with E-state index in [9.17, 15) is 0 Å². The van der Waals surface area contributed by atoms with Gasteiger partial charge in [0, 0.05) is 6.07 Å². The smallest absolute Gasteiger partial charge is 0.222 e. The van der Waals surface area contributed by atoms with Crippen molar-refractivity contribution in [2.24, 2.45) is 0 Å². The van der Waals surface area contributed by atoms with Gasteiger partial charge >= 0.3 is 0 Å². The van der Waals surface area contributed by atoms with Gasteiger partial charge in [-0.25, -0.2) is 4.98 Å². The third-order valence-corrected chi connectivity index (χ3v) is 3.31. The molecule has 0 fully saturated rings. The number of nitrogen functional groups attached to an aromatic ring is 2. The Bertz CT molecular complexity index is 867. The van der Waals surface area contributed by atoms with Gasteiger partial charge in [-0.1, -0.05) is 6.07 Å². The highest BCUT2D eigenvalue weighted by atomic mass is 16.5. The van der Waals surface area contributed by atoms with Crippen LogP contribution < -0.4 is 25.7 Å². The molecule has 118 valence electrons. The number of nitrogens with zero attached hydrogens (tertiary/aromatic N) is 2. The molecular weight excluding hydrogens is 296 g/mol. The Morgan fingerprint density at radius 1 is 0.870 bits per heavy atom. The van der Waals surface area contributed by atoms with Gasteiger partial charge in [0.1, 0.15) is 17.3 Å². The van der Waals surface area contributed by atoms with Crippen molar-refractivity contribution < 1.29 is 14.2 Å². The summed E-state index contributed by atoms with van der Waals surface area (Å²) in [6, 6.07) is 10.7. The molecule has 0 radical (unpaired) electrons. The number of fused-ring (bicyclic) bond motifs is 1. The first-order chi connectivity index (χ1) is 11.1. The van der Waals surface area contributed by atoms with E-state index in [4.69, 9.17) is 25.7 Å². The molecule has 0 unspecified atom stereocenters. The first-order valence-corrected chi connectivity index (χ1v) is 6.84. The van der Waals surface area contributed by atoms with E-state index in [1.165, 1.54) is 0 Å². The normalized spacial score (nSPS) is 10.5. The molecule has 3 aromatic rings. The lowest BCUT2D eigenvalue weighted by atomic mass is 10.2. The van der Waals surface area contributed by atoms with Crippen LogP contribution in [0.1, 0.15) is 0 Å². The minimum absolute atomic E-state index is 0.123. The Morgan fingerprint density at radius 2 is 1.65 bits per heavy atom. The van der Waals surface area contributed by atoms with Gasteiger partial charge in [0.15, 0.2) is 11.5 Å². The van der Waals surface area contributed by atoms with Gasteiger partial charge in [0.2, 0.25) is 5.95 Å². The molecule has 0 aliphatic heterocycles. The zero-order valence-corrected chi connectivity index (χ0v) is 12.7. The number of benzene rings is 2. The molecule has 1 heterocycles. The van der Waals surface area contributed by atoms with Gasteiger partial charge in [-0.2, -0.15) is 4.98 Å². The molecule has 0 spiro atoms. The highest BCUT2D eigenvalue weighted by molar-refractivity contribution is 5.94. The summed E-state index contributed by atoms with van der Waals surface area (Å²) in [5, 5.41) is 0.608. The number of hydrogen-bond donors (Lipinski definition) is 2. The monoisotopic (exact) mass is 312 g/mol. The van der Waals surface area contributed by atoms with Gasteiger partial charge in [0.25, 0.3) is 0 Å². The highest BCUT2D eigenvalue weighted by Crippen LogP contribution is 2.36. The summed E-state index contributed by atoms with van der Waals surface area (Å²) in [5.74, 6) is 2.69. The van der Waals surface area contributed by atoms with Crippen molar-refractivity contribution in [3.05, 3.63) is 36.4 Å². The third-order valence-electron chi connectivity index (χ3n) is 3.31. The molecule has 0 bridgehead atoms. The molecular formula is C16H16N4O3. The van der Waals surface area contributed by atoms with Gasteiger partial charge in [-0.3, -0.25) is 0 Å². The number of ether oxygens (including phenoxy) is 3. The molecule has 7 heteroatoms. The molecule has 3 rings (SSSR count). The molecule has 0 saturated heterocycles. The number of anilines is 2. The quantitative estimate of drug-likeness (QED) is 0.762. The first-order valence-electron chi connectivity index (χ1n) is 6.84. The van der Waals surface area contributed by atoms with Crippen LogP contribution in [0.2, 0.25) is 0 Å². The molecule has 2 aromatic carbocycles. The maximum atomic E-state index is 5.96. The van der Waals surface area contributed by atoms with Crippen molar-refractivity contribution in [3.63, 3.8) is 0 Å². The summed E-state index contributed by atoms with van der Waals surface area (Å²) in [5.41, 5.74) is 12.2. The van der Waals surface area contributed by atoms with Crippen LogP contribution in [-0.2, 0) is 0 Å². The average molecular weight is 312 g/mol. The van der Waals surface area contributed by atoms with Crippen LogP contribution in [0.25, 0.3) is 10.9 Å². The van der Waals surface area contributed by atoms with E-state index in [1.54, 1.807) is 44.6 Å². The Balaban J connectivity index is 2.05.